The Balaban J connectivity index is 1.74. The Morgan fingerprint density at radius 3 is 2.44 bits per heavy atom. The summed E-state index contributed by atoms with van der Waals surface area (Å²) in [7, 11) is 0. The van der Waals surface area contributed by atoms with Crippen LogP contribution in [0.5, 0.6) is 0 Å². The zero-order chi connectivity index (χ0) is 12.9. The maximum absolute atomic E-state index is 12.7. The van der Waals surface area contributed by atoms with Crippen molar-refractivity contribution in [2.75, 3.05) is 13.2 Å². The van der Waals surface area contributed by atoms with Gasteiger partial charge in [0.1, 0.15) is 0 Å². The zero-order valence-corrected chi connectivity index (χ0v) is 11.2. The normalized spacial score (nSPS) is 51.4. The van der Waals surface area contributed by atoms with Crippen molar-refractivity contribution in [1.82, 2.24) is 4.90 Å². The lowest BCUT2D eigenvalue weighted by Crippen LogP contribution is -2.61. The van der Waals surface area contributed by atoms with Gasteiger partial charge in [-0.3, -0.25) is 14.5 Å². The molecule has 2 saturated carbocycles. The molecule has 2 heterocycles. The second-order valence-electron chi connectivity index (χ2n) is 7.17. The summed E-state index contributed by atoms with van der Waals surface area (Å²) >= 11 is 0. The molecule has 2 aliphatic heterocycles. The summed E-state index contributed by atoms with van der Waals surface area (Å²) < 4.78 is 5.17. The molecule has 18 heavy (non-hydrogen) atoms. The number of imide groups is 1. The molecule has 0 N–H and O–H groups in total. The van der Waals surface area contributed by atoms with Crippen molar-refractivity contribution >= 4 is 11.8 Å². The molecule has 0 bridgehead atoms. The fourth-order valence-corrected chi connectivity index (χ4v) is 5.04. The summed E-state index contributed by atoms with van der Waals surface area (Å²) in [6.45, 7) is 7.52. The molecule has 0 aromatic heterocycles. The molecule has 4 nitrogen and oxygen atoms in total. The predicted molar refractivity (Wildman–Crippen MR) is 63.5 cm³/mol. The Morgan fingerprint density at radius 2 is 1.94 bits per heavy atom. The van der Waals surface area contributed by atoms with Gasteiger partial charge in [-0.2, -0.15) is 0 Å². The summed E-state index contributed by atoms with van der Waals surface area (Å²) in [6.07, 6.45) is 2.06. The number of carbonyl (C=O) groups is 2. The van der Waals surface area contributed by atoms with Crippen LogP contribution in [0.25, 0.3) is 0 Å². The van der Waals surface area contributed by atoms with Crippen molar-refractivity contribution in [3.05, 3.63) is 0 Å². The summed E-state index contributed by atoms with van der Waals surface area (Å²) in [5, 5.41) is 0. The molecule has 98 valence electrons. The standard InChI is InChI=1S/C14H19NO3/c1-12(2)9-10(16)15(6-8-7-18-8)11(17)13(3)4-5-14(9,12)13/h8-9H,4-7H2,1-3H3/t8-,9-,13-,14-/m1/s1. The van der Waals surface area contributed by atoms with Gasteiger partial charge in [-0.15, -0.1) is 0 Å². The van der Waals surface area contributed by atoms with Crippen LogP contribution >= 0.6 is 0 Å². The number of amides is 2. The van der Waals surface area contributed by atoms with Crippen LogP contribution in [0.2, 0.25) is 0 Å². The molecular formula is C14H19NO3. The first-order valence-electron chi connectivity index (χ1n) is 6.84. The third-order valence-electron chi connectivity index (χ3n) is 6.30. The molecule has 4 atom stereocenters. The van der Waals surface area contributed by atoms with Crippen LogP contribution in [0.1, 0.15) is 33.6 Å². The number of epoxide rings is 1. The maximum atomic E-state index is 12.7. The van der Waals surface area contributed by atoms with E-state index in [2.05, 4.69) is 20.8 Å². The summed E-state index contributed by atoms with van der Waals surface area (Å²) in [6, 6.07) is 0. The number of likely N-dealkylation sites (tertiary alicyclic amines) is 1. The van der Waals surface area contributed by atoms with E-state index in [0.29, 0.717) is 13.2 Å². The first-order chi connectivity index (χ1) is 8.36. The lowest BCUT2D eigenvalue weighted by molar-refractivity contribution is -0.172. The van der Waals surface area contributed by atoms with Crippen molar-refractivity contribution in [3.63, 3.8) is 0 Å². The van der Waals surface area contributed by atoms with Gasteiger partial charge in [-0.05, 0) is 18.3 Å². The summed E-state index contributed by atoms with van der Waals surface area (Å²) in [5.41, 5.74) is -0.342. The van der Waals surface area contributed by atoms with Gasteiger partial charge in [0.2, 0.25) is 11.8 Å². The van der Waals surface area contributed by atoms with Gasteiger partial charge < -0.3 is 4.74 Å². The molecule has 4 fully saturated rings. The van der Waals surface area contributed by atoms with E-state index in [-0.39, 0.29) is 40.1 Å². The average molecular weight is 249 g/mol. The quantitative estimate of drug-likeness (QED) is 0.546. The highest BCUT2D eigenvalue weighted by atomic mass is 16.6. The fraction of sp³-hybridized carbons (Fsp3) is 0.857. The van der Waals surface area contributed by atoms with Crippen molar-refractivity contribution in [1.29, 1.82) is 0 Å². The number of hydrogen-bond acceptors (Lipinski definition) is 3. The largest absolute Gasteiger partial charge is 0.371 e. The molecular weight excluding hydrogens is 230 g/mol. The molecule has 4 heteroatoms. The second kappa shape index (κ2) is 2.67. The Kier molecular flexibility index (Phi) is 1.63. The van der Waals surface area contributed by atoms with E-state index in [9.17, 15) is 9.59 Å². The topological polar surface area (TPSA) is 49.9 Å². The molecule has 0 radical (unpaired) electrons. The minimum Gasteiger partial charge on any atom is -0.371 e. The number of hydrogen-bond donors (Lipinski definition) is 0. The van der Waals surface area contributed by atoms with E-state index in [1.54, 1.807) is 0 Å². The van der Waals surface area contributed by atoms with Crippen LogP contribution in [0.15, 0.2) is 0 Å². The molecule has 0 unspecified atom stereocenters. The molecule has 4 aliphatic rings. The number of piperidine rings is 1. The fourth-order valence-electron chi connectivity index (χ4n) is 5.04. The van der Waals surface area contributed by atoms with E-state index in [4.69, 9.17) is 4.74 Å². The van der Waals surface area contributed by atoms with Crippen LogP contribution in [-0.2, 0) is 14.3 Å². The van der Waals surface area contributed by atoms with Crippen LogP contribution in [0.4, 0.5) is 0 Å². The highest BCUT2D eigenvalue weighted by Crippen LogP contribution is 2.86. The SMILES string of the molecule is CC1(C)[C@H]2C(=O)N(C[C@@H]3CO3)C(=O)[C@@]3(C)CC[C@@]213. The van der Waals surface area contributed by atoms with E-state index >= 15 is 0 Å². The van der Waals surface area contributed by atoms with Crippen LogP contribution in [0.3, 0.4) is 0 Å². The van der Waals surface area contributed by atoms with Crippen LogP contribution in [0, 0.1) is 22.2 Å². The highest BCUT2D eigenvalue weighted by Gasteiger charge is 2.88. The minimum atomic E-state index is -0.302. The van der Waals surface area contributed by atoms with E-state index in [1.165, 1.54) is 4.90 Å². The Bertz CT molecular complexity index is 481. The first-order valence-corrected chi connectivity index (χ1v) is 6.84. The number of ether oxygens (including phenoxy) is 1. The van der Waals surface area contributed by atoms with Crippen molar-refractivity contribution in [3.8, 4) is 0 Å². The van der Waals surface area contributed by atoms with Gasteiger partial charge in [-0.25, -0.2) is 0 Å². The Hall–Kier alpha value is -0.900. The minimum absolute atomic E-state index is 0.00803. The molecule has 0 aromatic carbocycles. The molecule has 2 aliphatic carbocycles. The first kappa shape index (κ1) is 11.0. The van der Waals surface area contributed by atoms with Crippen LogP contribution in [-0.4, -0.2) is 36.0 Å². The van der Waals surface area contributed by atoms with Gasteiger partial charge in [0.05, 0.1) is 30.6 Å². The average Bonchev–Trinajstić information content (AvgIpc) is 3.16. The smallest absolute Gasteiger partial charge is 0.235 e. The number of carbonyl (C=O) groups excluding carboxylic acids is 2. The molecule has 0 aromatic rings. The molecule has 1 spiro atoms. The van der Waals surface area contributed by atoms with Crippen molar-refractivity contribution in [2.45, 2.75) is 39.7 Å². The Morgan fingerprint density at radius 1 is 1.28 bits per heavy atom. The van der Waals surface area contributed by atoms with Gasteiger partial charge in [0.25, 0.3) is 0 Å². The number of rotatable bonds is 2. The lowest BCUT2D eigenvalue weighted by Gasteiger charge is -2.53. The van der Waals surface area contributed by atoms with E-state index in [1.807, 2.05) is 0 Å². The summed E-state index contributed by atoms with van der Waals surface area (Å²) in [4.78, 5) is 26.7. The van der Waals surface area contributed by atoms with E-state index < -0.39 is 0 Å². The molecule has 4 rings (SSSR count). The van der Waals surface area contributed by atoms with Gasteiger partial charge in [0, 0.05) is 5.41 Å². The Labute approximate surface area is 107 Å². The van der Waals surface area contributed by atoms with Crippen molar-refractivity contribution in [2.24, 2.45) is 22.2 Å². The summed E-state index contributed by atoms with van der Waals surface area (Å²) in [5.74, 6) is 0.161. The third kappa shape index (κ3) is 0.859. The zero-order valence-electron chi connectivity index (χ0n) is 11.2. The molecule has 2 saturated heterocycles. The molecule has 2 amide bonds. The lowest BCUT2D eigenvalue weighted by atomic mass is 9.53. The predicted octanol–water partition coefficient (Wildman–Crippen LogP) is 1.20. The van der Waals surface area contributed by atoms with Gasteiger partial charge in [0.15, 0.2) is 0 Å². The van der Waals surface area contributed by atoms with E-state index in [0.717, 1.165) is 12.8 Å². The van der Waals surface area contributed by atoms with Crippen molar-refractivity contribution < 1.29 is 14.3 Å². The monoisotopic (exact) mass is 249 g/mol. The highest BCUT2D eigenvalue weighted by molar-refractivity contribution is 6.07. The van der Waals surface area contributed by atoms with Gasteiger partial charge in [-0.1, -0.05) is 20.8 Å². The third-order valence-corrected chi connectivity index (χ3v) is 6.30. The second-order valence-corrected chi connectivity index (χ2v) is 7.17. The van der Waals surface area contributed by atoms with Crippen LogP contribution < -0.4 is 0 Å². The van der Waals surface area contributed by atoms with Gasteiger partial charge >= 0.3 is 0 Å². The maximum Gasteiger partial charge on any atom is 0.235 e. The number of nitrogens with zero attached hydrogens (tertiary/aromatic N) is 1.